The third kappa shape index (κ3) is 1.85. The molecule has 3 heterocycles. The second-order valence-corrected chi connectivity index (χ2v) is 4.49. The Balaban J connectivity index is 1.83. The summed E-state index contributed by atoms with van der Waals surface area (Å²) in [5.74, 6) is 0.618. The topological polar surface area (TPSA) is 106 Å². The van der Waals surface area contributed by atoms with Gasteiger partial charge in [-0.15, -0.1) is 10.2 Å². The number of nitrogens with one attached hydrogen (secondary N) is 1. The minimum atomic E-state index is -0.164. The van der Waals surface area contributed by atoms with E-state index in [1.165, 1.54) is 0 Å². The molecule has 1 amide bonds. The number of nitrogens with zero attached hydrogens (tertiary/aromatic N) is 5. The number of carbonyl (C=O) groups is 1. The number of aromatic amines is 1. The average molecular weight is 261 g/mol. The van der Waals surface area contributed by atoms with Crippen LogP contribution >= 0.6 is 0 Å². The lowest BCUT2D eigenvalue weighted by Crippen LogP contribution is -2.38. The van der Waals surface area contributed by atoms with Gasteiger partial charge < -0.3 is 15.2 Å². The Bertz CT molecular complexity index is 614. The Labute approximate surface area is 109 Å². The molecular formula is C11H15N7O. The summed E-state index contributed by atoms with van der Waals surface area (Å²) in [6, 6.07) is 0. The number of nitrogens with two attached hydrogens (primary N) is 1. The molecule has 0 fully saturated rings. The zero-order valence-electron chi connectivity index (χ0n) is 10.6. The highest BCUT2D eigenvalue weighted by molar-refractivity contribution is 5.97. The fourth-order valence-electron chi connectivity index (χ4n) is 2.21. The molecule has 8 nitrogen and oxygen atoms in total. The Morgan fingerprint density at radius 2 is 2.37 bits per heavy atom. The molecule has 0 radical (unpaired) electrons. The second-order valence-electron chi connectivity index (χ2n) is 4.49. The van der Waals surface area contributed by atoms with Crippen molar-refractivity contribution in [1.82, 2.24) is 29.9 Å². The highest BCUT2D eigenvalue weighted by atomic mass is 16.2. The number of amides is 1. The molecular weight excluding hydrogens is 246 g/mol. The number of hydrogen-bond donors (Lipinski definition) is 2. The Morgan fingerprint density at radius 1 is 1.53 bits per heavy atom. The first-order chi connectivity index (χ1) is 9.20. The van der Waals surface area contributed by atoms with Gasteiger partial charge in [-0.05, 0) is 6.42 Å². The molecule has 1 aliphatic rings. The van der Waals surface area contributed by atoms with Crippen LogP contribution in [0.4, 0.5) is 5.69 Å². The molecule has 3 rings (SSSR count). The van der Waals surface area contributed by atoms with Gasteiger partial charge in [0.2, 0.25) is 0 Å². The van der Waals surface area contributed by atoms with Crippen LogP contribution in [-0.2, 0) is 19.5 Å². The van der Waals surface area contributed by atoms with Gasteiger partial charge in [-0.3, -0.25) is 9.89 Å². The molecule has 0 saturated heterocycles. The van der Waals surface area contributed by atoms with Crippen molar-refractivity contribution in [2.75, 3.05) is 12.3 Å². The van der Waals surface area contributed by atoms with Crippen LogP contribution < -0.4 is 5.73 Å². The van der Waals surface area contributed by atoms with Crippen LogP contribution in [0.3, 0.4) is 0 Å². The molecule has 0 aromatic carbocycles. The quantitative estimate of drug-likeness (QED) is 0.778. The normalized spacial score (nSPS) is 14.5. The summed E-state index contributed by atoms with van der Waals surface area (Å²) < 4.78 is 1.94. The summed E-state index contributed by atoms with van der Waals surface area (Å²) >= 11 is 0. The molecule has 0 bridgehead atoms. The number of fused-ring (bicyclic) bond motifs is 1. The van der Waals surface area contributed by atoms with Gasteiger partial charge in [0.15, 0.2) is 11.5 Å². The fraction of sp³-hybridized carbons (Fsp3) is 0.455. The number of rotatable bonds is 2. The minimum Gasteiger partial charge on any atom is -0.395 e. The van der Waals surface area contributed by atoms with Gasteiger partial charge >= 0.3 is 0 Å². The SMILES string of the molecule is CCc1[nH]nc(C(=O)N2CCn3cnnc3C2)c1N. The molecule has 0 spiro atoms. The van der Waals surface area contributed by atoms with E-state index in [4.69, 9.17) is 5.73 Å². The number of H-pyrrole nitrogens is 1. The fourth-order valence-corrected chi connectivity index (χ4v) is 2.21. The van der Waals surface area contributed by atoms with Crippen molar-refractivity contribution < 1.29 is 4.79 Å². The third-order valence-corrected chi connectivity index (χ3v) is 3.37. The minimum absolute atomic E-state index is 0.164. The lowest BCUT2D eigenvalue weighted by molar-refractivity contribution is 0.0702. The summed E-state index contributed by atoms with van der Waals surface area (Å²) in [5.41, 5.74) is 7.46. The summed E-state index contributed by atoms with van der Waals surface area (Å²) in [4.78, 5) is 14.1. The number of hydrogen-bond acceptors (Lipinski definition) is 5. The van der Waals surface area contributed by atoms with E-state index in [9.17, 15) is 4.79 Å². The maximum atomic E-state index is 12.4. The van der Waals surface area contributed by atoms with Crippen LogP contribution in [0.5, 0.6) is 0 Å². The van der Waals surface area contributed by atoms with Crippen molar-refractivity contribution >= 4 is 11.6 Å². The Kier molecular flexibility index (Phi) is 2.69. The van der Waals surface area contributed by atoms with Crippen molar-refractivity contribution in [3.63, 3.8) is 0 Å². The predicted molar refractivity (Wildman–Crippen MR) is 67.1 cm³/mol. The van der Waals surface area contributed by atoms with Gasteiger partial charge in [0.05, 0.1) is 17.9 Å². The van der Waals surface area contributed by atoms with E-state index in [2.05, 4.69) is 20.4 Å². The van der Waals surface area contributed by atoms with Gasteiger partial charge in [-0.25, -0.2) is 0 Å². The Morgan fingerprint density at radius 3 is 3.11 bits per heavy atom. The number of aryl methyl sites for hydroxylation is 1. The van der Waals surface area contributed by atoms with Crippen molar-refractivity contribution in [2.24, 2.45) is 0 Å². The van der Waals surface area contributed by atoms with E-state index in [1.54, 1.807) is 11.2 Å². The lowest BCUT2D eigenvalue weighted by Gasteiger charge is -2.26. The monoisotopic (exact) mass is 261 g/mol. The number of aromatic nitrogens is 5. The summed E-state index contributed by atoms with van der Waals surface area (Å²) in [6.45, 7) is 3.70. The molecule has 0 atom stereocenters. The highest BCUT2D eigenvalue weighted by Crippen LogP contribution is 2.19. The first kappa shape index (κ1) is 11.7. The molecule has 0 unspecified atom stereocenters. The molecule has 0 saturated carbocycles. The third-order valence-electron chi connectivity index (χ3n) is 3.37. The van der Waals surface area contributed by atoms with Crippen molar-refractivity contribution in [1.29, 1.82) is 0 Å². The Hall–Kier alpha value is -2.38. The van der Waals surface area contributed by atoms with Crippen molar-refractivity contribution in [3.8, 4) is 0 Å². The molecule has 2 aromatic rings. The maximum absolute atomic E-state index is 12.4. The van der Waals surface area contributed by atoms with Crippen LogP contribution in [0.1, 0.15) is 28.9 Å². The van der Waals surface area contributed by atoms with Crippen molar-refractivity contribution in [2.45, 2.75) is 26.4 Å². The van der Waals surface area contributed by atoms with Crippen LogP contribution in [0.25, 0.3) is 0 Å². The number of nitrogen functional groups attached to an aromatic ring is 1. The molecule has 1 aliphatic heterocycles. The number of carbonyl (C=O) groups excluding carboxylic acids is 1. The van der Waals surface area contributed by atoms with Crippen molar-refractivity contribution in [3.05, 3.63) is 23.5 Å². The van der Waals surface area contributed by atoms with Crippen LogP contribution in [-0.4, -0.2) is 42.3 Å². The van der Waals surface area contributed by atoms with E-state index in [1.807, 2.05) is 11.5 Å². The molecule has 0 aliphatic carbocycles. The summed E-state index contributed by atoms with van der Waals surface area (Å²) in [7, 11) is 0. The van der Waals surface area contributed by atoms with E-state index < -0.39 is 0 Å². The van der Waals surface area contributed by atoms with E-state index in [-0.39, 0.29) is 5.91 Å². The van der Waals surface area contributed by atoms with Gasteiger partial charge in [0, 0.05) is 13.1 Å². The summed E-state index contributed by atoms with van der Waals surface area (Å²) in [6.07, 6.45) is 2.40. The van der Waals surface area contributed by atoms with E-state index >= 15 is 0 Å². The number of anilines is 1. The van der Waals surface area contributed by atoms with Gasteiger partial charge in [-0.1, -0.05) is 6.92 Å². The zero-order chi connectivity index (χ0) is 13.4. The molecule has 2 aromatic heterocycles. The standard InChI is InChI=1S/C11H15N7O/c1-2-7-9(12)10(16-14-7)11(19)17-3-4-18-6-13-15-8(18)5-17/h6H,2-5,12H2,1H3,(H,14,16). The largest absolute Gasteiger partial charge is 0.395 e. The van der Waals surface area contributed by atoms with Gasteiger partial charge in [0.1, 0.15) is 6.33 Å². The molecule has 100 valence electrons. The first-order valence-corrected chi connectivity index (χ1v) is 6.19. The van der Waals surface area contributed by atoms with Gasteiger partial charge in [0.25, 0.3) is 5.91 Å². The highest BCUT2D eigenvalue weighted by Gasteiger charge is 2.26. The second kappa shape index (κ2) is 4.38. The molecule has 8 heteroatoms. The molecule has 3 N–H and O–H groups in total. The van der Waals surface area contributed by atoms with Crippen LogP contribution in [0.15, 0.2) is 6.33 Å². The first-order valence-electron chi connectivity index (χ1n) is 6.19. The average Bonchev–Trinajstić information content (AvgIpc) is 3.03. The van der Waals surface area contributed by atoms with Crippen LogP contribution in [0.2, 0.25) is 0 Å². The molecule has 19 heavy (non-hydrogen) atoms. The van der Waals surface area contributed by atoms with Gasteiger partial charge in [-0.2, -0.15) is 5.10 Å². The maximum Gasteiger partial charge on any atom is 0.276 e. The zero-order valence-corrected chi connectivity index (χ0v) is 10.6. The van der Waals surface area contributed by atoms with E-state index in [0.717, 1.165) is 17.9 Å². The van der Waals surface area contributed by atoms with Crippen LogP contribution in [0, 0.1) is 0 Å². The predicted octanol–water partition coefficient (Wildman–Crippen LogP) is -0.198. The smallest absolute Gasteiger partial charge is 0.276 e. The van der Waals surface area contributed by atoms with E-state index in [0.29, 0.717) is 31.0 Å². The summed E-state index contributed by atoms with van der Waals surface area (Å²) in [5, 5.41) is 14.6. The lowest BCUT2D eigenvalue weighted by atomic mass is 10.2.